The first-order valence-electron chi connectivity index (χ1n) is 9.58. The van der Waals surface area contributed by atoms with E-state index in [-0.39, 0.29) is 29.0 Å². The number of benzene rings is 1. The van der Waals surface area contributed by atoms with Gasteiger partial charge in [-0.2, -0.15) is 0 Å². The molecule has 0 spiro atoms. The Labute approximate surface area is 178 Å². The SMILES string of the molecule is O=C(NCC(=O)N1CCc2oc(C3CCOCC3)nc2C1)c1cc(Cl)ccc1Cl. The van der Waals surface area contributed by atoms with Gasteiger partial charge in [0.2, 0.25) is 5.91 Å². The van der Waals surface area contributed by atoms with Gasteiger partial charge in [-0.3, -0.25) is 9.59 Å². The number of ether oxygens (including phenoxy) is 1. The number of aromatic nitrogens is 1. The van der Waals surface area contributed by atoms with Crippen LogP contribution in [0.15, 0.2) is 22.6 Å². The van der Waals surface area contributed by atoms with Crippen molar-refractivity contribution in [2.75, 3.05) is 26.3 Å². The average molecular weight is 438 g/mol. The van der Waals surface area contributed by atoms with Crippen LogP contribution < -0.4 is 5.32 Å². The van der Waals surface area contributed by atoms with E-state index in [1.54, 1.807) is 17.0 Å². The molecule has 0 radical (unpaired) electrons. The Morgan fingerprint density at radius 2 is 2.03 bits per heavy atom. The molecule has 4 rings (SSSR count). The summed E-state index contributed by atoms with van der Waals surface area (Å²) < 4.78 is 11.3. The fourth-order valence-electron chi connectivity index (χ4n) is 3.58. The van der Waals surface area contributed by atoms with Crippen LogP contribution in [0.3, 0.4) is 0 Å². The Morgan fingerprint density at radius 1 is 1.24 bits per heavy atom. The summed E-state index contributed by atoms with van der Waals surface area (Å²) in [5, 5.41) is 3.30. The van der Waals surface area contributed by atoms with Gasteiger partial charge in [0.05, 0.1) is 23.7 Å². The predicted octanol–water partition coefficient (Wildman–Crippen LogP) is 3.19. The van der Waals surface area contributed by atoms with Gasteiger partial charge in [0.1, 0.15) is 11.5 Å². The van der Waals surface area contributed by atoms with Crippen molar-refractivity contribution in [3.63, 3.8) is 0 Å². The van der Waals surface area contributed by atoms with Crippen molar-refractivity contribution in [3.05, 3.63) is 51.2 Å². The molecular weight excluding hydrogens is 417 g/mol. The fourth-order valence-corrected chi connectivity index (χ4v) is 3.96. The van der Waals surface area contributed by atoms with Crippen LogP contribution >= 0.6 is 23.2 Å². The molecule has 1 aromatic heterocycles. The maximum atomic E-state index is 12.6. The van der Waals surface area contributed by atoms with E-state index in [0.29, 0.717) is 24.5 Å². The van der Waals surface area contributed by atoms with E-state index >= 15 is 0 Å². The predicted molar refractivity (Wildman–Crippen MR) is 107 cm³/mol. The summed E-state index contributed by atoms with van der Waals surface area (Å²) in [4.78, 5) is 31.2. The molecule has 29 heavy (non-hydrogen) atoms. The molecule has 154 valence electrons. The normalized spacial score (nSPS) is 17.1. The van der Waals surface area contributed by atoms with Crippen molar-refractivity contribution >= 4 is 35.0 Å². The highest BCUT2D eigenvalue weighted by Crippen LogP contribution is 2.30. The van der Waals surface area contributed by atoms with Gasteiger partial charge in [0.15, 0.2) is 5.89 Å². The quantitative estimate of drug-likeness (QED) is 0.793. The highest BCUT2D eigenvalue weighted by molar-refractivity contribution is 6.35. The third-order valence-electron chi connectivity index (χ3n) is 5.24. The average Bonchev–Trinajstić information content (AvgIpc) is 3.17. The van der Waals surface area contributed by atoms with E-state index in [2.05, 4.69) is 10.3 Å². The number of amides is 2. The third kappa shape index (κ3) is 4.57. The highest BCUT2D eigenvalue weighted by atomic mass is 35.5. The van der Waals surface area contributed by atoms with Crippen LogP contribution in [0.4, 0.5) is 0 Å². The van der Waals surface area contributed by atoms with Gasteiger partial charge < -0.3 is 19.4 Å². The maximum absolute atomic E-state index is 12.6. The minimum Gasteiger partial charge on any atom is -0.445 e. The second-order valence-corrected chi connectivity index (χ2v) is 8.02. The fraction of sp³-hybridized carbons (Fsp3) is 0.450. The number of fused-ring (bicyclic) bond motifs is 1. The zero-order valence-corrected chi connectivity index (χ0v) is 17.3. The monoisotopic (exact) mass is 437 g/mol. The van der Waals surface area contributed by atoms with Gasteiger partial charge in [0, 0.05) is 37.1 Å². The van der Waals surface area contributed by atoms with E-state index in [1.165, 1.54) is 6.07 Å². The lowest BCUT2D eigenvalue weighted by molar-refractivity contribution is -0.131. The minimum atomic E-state index is -0.438. The van der Waals surface area contributed by atoms with Crippen molar-refractivity contribution in [2.24, 2.45) is 0 Å². The Kier molecular flexibility index (Phi) is 6.08. The number of oxazole rings is 1. The van der Waals surface area contributed by atoms with Gasteiger partial charge in [-0.1, -0.05) is 23.2 Å². The molecule has 0 bridgehead atoms. The van der Waals surface area contributed by atoms with Crippen molar-refractivity contribution < 1.29 is 18.7 Å². The number of nitrogens with one attached hydrogen (secondary N) is 1. The number of halogens is 2. The molecule has 0 atom stereocenters. The standard InChI is InChI=1S/C20H21Cl2N3O4/c21-13-1-2-15(22)14(9-13)19(27)23-10-18(26)25-6-3-17-16(11-25)24-20(29-17)12-4-7-28-8-5-12/h1-2,9,12H,3-8,10-11H2,(H,23,27). The smallest absolute Gasteiger partial charge is 0.253 e. The van der Waals surface area contributed by atoms with Crippen molar-refractivity contribution in [2.45, 2.75) is 31.7 Å². The lowest BCUT2D eigenvalue weighted by Gasteiger charge is -2.25. The van der Waals surface area contributed by atoms with Crippen LogP contribution in [0.2, 0.25) is 10.0 Å². The maximum Gasteiger partial charge on any atom is 0.253 e. The summed E-state index contributed by atoms with van der Waals surface area (Å²) in [5.41, 5.74) is 1.04. The molecule has 2 aromatic rings. The molecule has 7 nitrogen and oxygen atoms in total. The molecule has 1 fully saturated rings. The van der Waals surface area contributed by atoms with Crippen LogP contribution in [0, 0.1) is 0 Å². The van der Waals surface area contributed by atoms with Crippen molar-refractivity contribution in [1.82, 2.24) is 15.2 Å². The van der Waals surface area contributed by atoms with Crippen molar-refractivity contribution in [1.29, 1.82) is 0 Å². The van der Waals surface area contributed by atoms with Crippen LogP contribution in [-0.2, 0) is 22.5 Å². The first-order chi connectivity index (χ1) is 14.0. The Hall–Kier alpha value is -2.09. The molecule has 0 saturated carbocycles. The summed E-state index contributed by atoms with van der Waals surface area (Å²) >= 11 is 12.0. The first kappa shape index (κ1) is 20.2. The molecular formula is C20H21Cl2N3O4. The second-order valence-electron chi connectivity index (χ2n) is 7.18. The lowest BCUT2D eigenvalue weighted by atomic mass is 10.0. The van der Waals surface area contributed by atoms with Crippen molar-refractivity contribution in [3.8, 4) is 0 Å². The van der Waals surface area contributed by atoms with Gasteiger partial charge >= 0.3 is 0 Å². The highest BCUT2D eigenvalue weighted by Gasteiger charge is 2.28. The summed E-state index contributed by atoms with van der Waals surface area (Å²) in [6.45, 7) is 2.23. The number of carbonyl (C=O) groups is 2. The lowest BCUT2D eigenvalue weighted by Crippen LogP contribution is -2.42. The Morgan fingerprint density at radius 3 is 2.83 bits per heavy atom. The second kappa shape index (κ2) is 8.73. The molecule has 0 aliphatic carbocycles. The molecule has 1 N–H and O–H groups in total. The molecule has 3 heterocycles. The largest absolute Gasteiger partial charge is 0.445 e. The molecule has 1 aromatic carbocycles. The van der Waals surface area contributed by atoms with Crippen LogP contribution in [-0.4, -0.2) is 48.0 Å². The van der Waals surface area contributed by atoms with Crippen LogP contribution in [0.5, 0.6) is 0 Å². The number of nitrogens with zero attached hydrogens (tertiary/aromatic N) is 2. The zero-order chi connectivity index (χ0) is 20.4. The molecule has 9 heteroatoms. The van der Waals surface area contributed by atoms with E-state index in [4.69, 9.17) is 32.4 Å². The Balaban J connectivity index is 1.35. The van der Waals surface area contributed by atoms with Crippen LogP contribution in [0.1, 0.15) is 46.5 Å². The van der Waals surface area contributed by atoms with Gasteiger partial charge in [-0.05, 0) is 31.0 Å². The minimum absolute atomic E-state index is 0.123. The third-order valence-corrected chi connectivity index (χ3v) is 5.81. The first-order valence-corrected chi connectivity index (χ1v) is 10.3. The summed E-state index contributed by atoms with van der Waals surface area (Å²) in [7, 11) is 0. The molecule has 2 aliphatic rings. The number of hydrogen-bond donors (Lipinski definition) is 1. The number of carbonyl (C=O) groups excluding carboxylic acids is 2. The number of rotatable bonds is 4. The molecule has 2 amide bonds. The summed E-state index contributed by atoms with van der Waals surface area (Å²) in [6, 6.07) is 4.63. The zero-order valence-electron chi connectivity index (χ0n) is 15.7. The van der Waals surface area contributed by atoms with E-state index in [9.17, 15) is 9.59 Å². The summed E-state index contributed by atoms with van der Waals surface area (Å²) in [5.74, 6) is 1.26. The molecule has 2 aliphatic heterocycles. The van der Waals surface area contributed by atoms with Gasteiger partial charge in [-0.15, -0.1) is 0 Å². The molecule has 0 unspecified atom stereocenters. The van der Waals surface area contributed by atoms with Gasteiger partial charge in [0.25, 0.3) is 5.91 Å². The molecule has 1 saturated heterocycles. The van der Waals surface area contributed by atoms with E-state index in [0.717, 1.165) is 43.4 Å². The van der Waals surface area contributed by atoms with Crippen LogP contribution in [0.25, 0.3) is 0 Å². The Bertz CT molecular complexity index is 924. The summed E-state index contributed by atoms with van der Waals surface area (Å²) in [6.07, 6.45) is 2.42. The van der Waals surface area contributed by atoms with E-state index in [1.807, 2.05) is 0 Å². The van der Waals surface area contributed by atoms with E-state index < -0.39 is 5.91 Å². The number of hydrogen-bond acceptors (Lipinski definition) is 5. The topological polar surface area (TPSA) is 84.7 Å². The van der Waals surface area contributed by atoms with Gasteiger partial charge in [-0.25, -0.2) is 4.98 Å².